The largest absolute Gasteiger partial charge is 0.478 e. The van der Waals surface area contributed by atoms with Crippen LogP contribution in [0.1, 0.15) is 40.5 Å². The zero-order chi connectivity index (χ0) is 18.6. The molecule has 0 aliphatic carbocycles. The van der Waals surface area contributed by atoms with Gasteiger partial charge in [0.15, 0.2) is 0 Å². The Morgan fingerprint density at radius 1 is 1.15 bits per heavy atom. The standard InChI is InChI=1S/C20H21N5O2/c26-20(27)16-3-4-18(23-12-16)24-10-1-2-17(14-24)19-22-9-11-25(19)13-15-5-7-21-8-6-15/h3-9,11-12,17H,1-2,10,13-14H2,(H,26,27)/t17-/m1/s1. The molecule has 1 fully saturated rings. The maximum Gasteiger partial charge on any atom is 0.337 e. The first-order valence-corrected chi connectivity index (χ1v) is 9.05. The molecular formula is C20H21N5O2. The van der Waals surface area contributed by atoms with Crippen LogP contribution in [-0.4, -0.2) is 43.7 Å². The van der Waals surface area contributed by atoms with Crippen LogP contribution in [0, 0.1) is 0 Å². The van der Waals surface area contributed by atoms with Crippen molar-refractivity contribution in [2.24, 2.45) is 0 Å². The quantitative estimate of drug-likeness (QED) is 0.750. The molecule has 0 bridgehead atoms. The van der Waals surface area contributed by atoms with Crippen molar-refractivity contribution in [3.8, 4) is 0 Å². The highest BCUT2D eigenvalue weighted by molar-refractivity contribution is 5.87. The molecule has 4 rings (SSSR count). The highest BCUT2D eigenvalue weighted by Crippen LogP contribution is 2.28. The van der Waals surface area contributed by atoms with Gasteiger partial charge < -0.3 is 14.6 Å². The van der Waals surface area contributed by atoms with Gasteiger partial charge in [0.1, 0.15) is 11.6 Å². The molecule has 7 nitrogen and oxygen atoms in total. The smallest absolute Gasteiger partial charge is 0.337 e. The van der Waals surface area contributed by atoms with Gasteiger partial charge in [-0.15, -0.1) is 0 Å². The van der Waals surface area contributed by atoms with E-state index in [1.165, 1.54) is 11.8 Å². The van der Waals surface area contributed by atoms with Crippen LogP contribution in [0.2, 0.25) is 0 Å². The van der Waals surface area contributed by atoms with Crippen LogP contribution in [0.25, 0.3) is 0 Å². The Labute approximate surface area is 157 Å². The van der Waals surface area contributed by atoms with Gasteiger partial charge in [-0.3, -0.25) is 4.98 Å². The first kappa shape index (κ1) is 17.2. The van der Waals surface area contributed by atoms with E-state index in [9.17, 15) is 4.79 Å². The molecule has 138 valence electrons. The lowest BCUT2D eigenvalue weighted by Crippen LogP contribution is -2.36. The summed E-state index contributed by atoms with van der Waals surface area (Å²) in [5.41, 5.74) is 1.41. The number of pyridine rings is 2. The van der Waals surface area contributed by atoms with E-state index in [4.69, 9.17) is 5.11 Å². The third kappa shape index (κ3) is 3.81. The van der Waals surface area contributed by atoms with E-state index in [0.29, 0.717) is 5.92 Å². The van der Waals surface area contributed by atoms with Gasteiger partial charge in [-0.05, 0) is 42.7 Å². The van der Waals surface area contributed by atoms with Crippen LogP contribution in [0.5, 0.6) is 0 Å². The Kier molecular flexibility index (Phi) is 4.82. The Morgan fingerprint density at radius 2 is 2.00 bits per heavy atom. The van der Waals surface area contributed by atoms with Crippen molar-refractivity contribution in [1.29, 1.82) is 0 Å². The summed E-state index contributed by atoms with van der Waals surface area (Å²) < 4.78 is 2.20. The van der Waals surface area contributed by atoms with E-state index < -0.39 is 5.97 Å². The maximum atomic E-state index is 11.0. The van der Waals surface area contributed by atoms with Gasteiger partial charge in [0.2, 0.25) is 0 Å². The summed E-state index contributed by atoms with van der Waals surface area (Å²) >= 11 is 0. The molecule has 1 atom stereocenters. The molecule has 1 aliphatic heterocycles. The van der Waals surface area contributed by atoms with Gasteiger partial charge in [-0.1, -0.05) is 0 Å². The maximum absolute atomic E-state index is 11.0. The molecule has 0 saturated carbocycles. The molecule has 0 amide bonds. The van der Waals surface area contributed by atoms with Crippen LogP contribution in [0.4, 0.5) is 5.82 Å². The monoisotopic (exact) mass is 363 g/mol. The number of aromatic nitrogens is 4. The third-order valence-corrected chi connectivity index (χ3v) is 4.96. The van der Waals surface area contributed by atoms with Gasteiger partial charge >= 0.3 is 5.97 Å². The van der Waals surface area contributed by atoms with Crippen molar-refractivity contribution < 1.29 is 9.90 Å². The molecule has 1 N–H and O–H groups in total. The second kappa shape index (κ2) is 7.57. The lowest BCUT2D eigenvalue weighted by atomic mass is 9.97. The number of carboxylic acid groups (broad SMARTS) is 1. The third-order valence-electron chi connectivity index (χ3n) is 4.96. The highest BCUT2D eigenvalue weighted by Gasteiger charge is 2.25. The molecule has 0 spiro atoms. The van der Waals surface area contributed by atoms with E-state index in [2.05, 4.69) is 24.4 Å². The van der Waals surface area contributed by atoms with E-state index in [1.54, 1.807) is 24.5 Å². The summed E-state index contributed by atoms with van der Waals surface area (Å²) in [5, 5.41) is 9.04. The topological polar surface area (TPSA) is 84.1 Å². The van der Waals surface area contributed by atoms with Crippen molar-refractivity contribution >= 4 is 11.8 Å². The lowest BCUT2D eigenvalue weighted by molar-refractivity contribution is 0.0696. The van der Waals surface area contributed by atoms with Crippen molar-refractivity contribution in [2.45, 2.75) is 25.3 Å². The average Bonchev–Trinajstić information content (AvgIpc) is 3.17. The predicted octanol–water partition coefficient (Wildman–Crippen LogP) is 2.80. The number of carbonyl (C=O) groups is 1. The number of nitrogens with zero attached hydrogens (tertiary/aromatic N) is 5. The van der Waals surface area contributed by atoms with Crippen LogP contribution in [-0.2, 0) is 6.54 Å². The van der Waals surface area contributed by atoms with Crippen molar-refractivity contribution in [3.05, 3.63) is 72.2 Å². The highest BCUT2D eigenvalue weighted by atomic mass is 16.4. The van der Waals surface area contributed by atoms with E-state index >= 15 is 0 Å². The molecule has 4 heterocycles. The Morgan fingerprint density at radius 3 is 2.74 bits per heavy atom. The number of aromatic carboxylic acids is 1. The summed E-state index contributed by atoms with van der Waals surface area (Å²) in [7, 11) is 0. The van der Waals surface area contributed by atoms with Crippen molar-refractivity contribution in [3.63, 3.8) is 0 Å². The molecule has 27 heavy (non-hydrogen) atoms. The summed E-state index contributed by atoms with van der Waals surface area (Å²) in [6.45, 7) is 2.52. The summed E-state index contributed by atoms with van der Waals surface area (Å²) in [6, 6.07) is 7.43. The lowest BCUT2D eigenvalue weighted by Gasteiger charge is -2.33. The number of anilines is 1. The normalized spacial score (nSPS) is 17.0. The van der Waals surface area contributed by atoms with Crippen molar-refractivity contribution in [2.75, 3.05) is 18.0 Å². The fourth-order valence-corrected chi connectivity index (χ4v) is 3.59. The zero-order valence-corrected chi connectivity index (χ0v) is 14.9. The van der Waals surface area contributed by atoms with Crippen LogP contribution in [0.15, 0.2) is 55.2 Å². The molecule has 0 unspecified atom stereocenters. The van der Waals surface area contributed by atoms with Crippen LogP contribution < -0.4 is 4.90 Å². The molecule has 3 aromatic heterocycles. The number of hydrogen-bond acceptors (Lipinski definition) is 5. The van der Waals surface area contributed by atoms with E-state index in [-0.39, 0.29) is 5.56 Å². The fraction of sp³-hybridized carbons (Fsp3) is 0.300. The molecule has 0 radical (unpaired) electrons. The average molecular weight is 363 g/mol. The predicted molar refractivity (Wildman–Crippen MR) is 101 cm³/mol. The Bertz CT molecular complexity index is 908. The summed E-state index contributed by atoms with van der Waals surface area (Å²) in [6.07, 6.45) is 11.0. The zero-order valence-electron chi connectivity index (χ0n) is 14.9. The van der Waals surface area contributed by atoms with Gasteiger partial charge in [0.05, 0.1) is 5.56 Å². The van der Waals surface area contributed by atoms with Gasteiger partial charge in [0.25, 0.3) is 0 Å². The molecular weight excluding hydrogens is 342 g/mol. The molecule has 3 aromatic rings. The molecule has 7 heteroatoms. The van der Waals surface area contributed by atoms with Crippen molar-refractivity contribution in [1.82, 2.24) is 19.5 Å². The first-order valence-electron chi connectivity index (χ1n) is 9.05. The van der Waals surface area contributed by atoms with Gasteiger partial charge in [-0.2, -0.15) is 0 Å². The minimum Gasteiger partial charge on any atom is -0.478 e. The second-order valence-corrected chi connectivity index (χ2v) is 6.76. The van der Waals surface area contributed by atoms with Crippen LogP contribution in [0.3, 0.4) is 0 Å². The SMILES string of the molecule is O=C(O)c1ccc(N2CCC[C@@H](c3nccn3Cc3ccncc3)C2)nc1. The molecule has 0 aromatic carbocycles. The summed E-state index contributed by atoms with van der Waals surface area (Å²) in [4.78, 5) is 26.3. The minimum atomic E-state index is -0.955. The van der Waals surface area contributed by atoms with Gasteiger partial charge in [0, 0.05) is 56.5 Å². The Hall–Kier alpha value is -3.22. The van der Waals surface area contributed by atoms with Gasteiger partial charge in [-0.25, -0.2) is 14.8 Å². The van der Waals surface area contributed by atoms with E-state index in [1.807, 2.05) is 24.5 Å². The minimum absolute atomic E-state index is 0.209. The second-order valence-electron chi connectivity index (χ2n) is 6.76. The number of piperidine rings is 1. The number of hydrogen-bond donors (Lipinski definition) is 1. The number of imidazole rings is 1. The summed E-state index contributed by atoms with van der Waals surface area (Å²) in [5.74, 6) is 1.26. The fourth-order valence-electron chi connectivity index (χ4n) is 3.59. The number of carboxylic acids is 1. The molecule has 1 aliphatic rings. The van der Waals surface area contributed by atoms with E-state index in [0.717, 1.165) is 44.1 Å². The van der Waals surface area contributed by atoms with Crippen LogP contribution >= 0.6 is 0 Å². The Balaban J connectivity index is 1.50. The first-order chi connectivity index (χ1) is 13.2. The number of rotatable bonds is 5. The molecule has 1 saturated heterocycles.